The van der Waals surface area contributed by atoms with Crippen LogP contribution in [0.15, 0.2) is 72.8 Å². The highest BCUT2D eigenvalue weighted by atomic mass is 35.5. The molecule has 3 aromatic rings. The van der Waals surface area contributed by atoms with Crippen molar-refractivity contribution in [3.05, 3.63) is 100 Å². The molecule has 214 valence electrons. The average molecular weight is 584 g/mol. The van der Waals surface area contributed by atoms with Gasteiger partial charge in [-0.25, -0.2) is 8.42 Å². The van der Waals surface area contributed by atoms with Gasteiger partial charge in [-0.15, -0.1) is 0 Å². The van der Waals surface area contributed by atoms with Crippen molar-refractivity contribution in [1.82, 2.24) is 10.2 Å². The van der Waals surface area contributed by atoms with E-state index in [1.165, 1.54) is 4.90 Å². The van der Waals surface area contributed by atoms with Gasteiger partial charge in [0.2, 0.25) is 21.8 Å². The highest BCUT2D eigenvalue weighted by Crippen LogP contribution is 2.25. The van der Waals surface area contributed by atoms with Crippen LogP contribution in [0.4, 0.5) is 5.69 Å². The van der Waals surface area contributed by atoms with E-state index < -0.39 is 34.1 Å². The van der Waals surface area contributed by atoms with E-state index in [0.717, 1.165) is 32.8 Å². The van der Waals surface area contributed by atoms with Crippen molar-refractivity contribution in [3.8, 4) is 0 Å². The van der Waals surface area contributed by atoms with Crippen molar-refractivity contribution in [3.63, 3.8) is 0 Å². The fourth-order valence-electron chi connectivity index (χ4n) is 4.42. The molecule has 2 amide bonds. The summed E-state index contributed by atoms with van der Waals surface area (Å²) in [6.45, 7) is 8.90. The Labute approximate surface area is 243 Å². The number of halogens is 1. The molecule has 7 nitrogen and oxygen atoms in total. The number of benzene rings is 3. The number of aryl methyl sites for hydroxylation is 2. The zero-order valence-corrected chi connectivity index (χ0v) is 25.5. The van der Waals surface area contributed by atoms with Gasteiger partial charge in [0, 0.05) is 23.5 Å². The molecule has 1 atom stereocenters. The van der Waals surface area contributed by atoms with Crippen LogP contribution in [-0.2, 0) is 32.6 Å². The summed E-state index contributed by atoms with van der Waals surface area (Å²) in [7, 11) is -3.83. The van der Waals surface area contributed by atoms with E-state index in [4.69, 9.17) is 11.6 Å². The monoisotopic (exact) mass is 583 g/mol. The van der Waals surface area contributed by atoms with Gasteiger partial charge in [0.1, 0.15) is 12.6 Å². The number of anilines is 1. The molecule has 9 heteroatoms. The van der Waals surface area contributed by atoms with Crippen LogP contribution in [0.1, 0.15) is 43.0 Å². The Bertz CT molecular complexity index is 1450. The van der Waals surface area contributed by atoms with Crippen molar-refractivity contribution in [2.75, 3.05) is 17.1 Å². The number of carbonyl (C=O) groups is 2. The predicted octanol–water partition coefficient (Wildman–Crippen LogP) is 5.28. The largest absolute Gasteiger partial charge is 0.350 e. The normalized spacial score (nSPS) is 12.5. The average Bonchev–Trinajstić information content (AvgIpc) is 2.85. The summed E-state index contributed by atoms with van der Waals surface area (Å²) in [6.07, 6.45) is 1.33. The first-order chi connectivity index (χ1) is 18.6. The lowest BCUT2D eigenvalue weighted by atomic mass is 10.0. The van der Waals surface area contributed by atoms with Gasteiger partial charge in [-0.3, -0.25) is 13.9 Å². The molecule has 0 unspecified atom stereocenters. The number of nitrogens with zero attached hydrogens (tertiary/aromatic N) is 2. The SMILES string of the molecule is Cc1ccc(C)c(N(CC(=O)N(Cc2cccc(Cl)c2)[C@H](Cc2ccccc2)C(=O)NC(C)(C)C)S(C)(=O)=O)c1. The summed E-state index contributed by atoms with van der Waals surface area (Å²) < 4.78 is 27.1. The summed E-state index contributed by atoms with van der Waals surface area (Å²) in [5.41, 5.74) is 3.06. The summed E-state index contributed by atoms with van der Waals surface area (Å²) in [6, 6.07) is 21.1. The fourth-order valence-corrected chi connectivity index (χ4v) is 5.53. The zero-order chi connectivity index (χ0) is 29.7. The second kappa shape index (κ2) is 12.9. The highest BCUT2D eigenvalue weighted by Gasteiger charge is 2.34. The molecule has 0 aliphatic carbocycles. The maximum Gasteiger partial charge on any atom is 0.244 e. The van der Waals surface area contributed by atoms with Crippen LogP contribution in [0.5, 0.6) is 0 Å². The summed E-state index contributed by atoms with van der Waals surface area (Å²) in [5, 5.41) is 3.51. The molecule has 0 saturated heterocycles. The van der Waals surface area contributed by atoms with Crippen LogP contribution in [-0.4, -0.2) is 49.5 Å². The predicted molar refractivity (Wildman–Crippen MR) is 162 cm³/mol. The molecule has 0 aromatic heterocycles. The number of hydrogen-bond acceptors (Lipinski definition) is 4. The van der Waals surface area contributed by atoms with Gasteiger partial charge in [0.15, 0.2) is 0 Å². The Morgan fingerprint density at radius 3 is 2.17 bits per heavy atom. The van der Waals surface area contributed by atoms with Crippen molar-refractivity contribution in [1.29, 1.82) is 0 Å². The van der Waals surface area contributed by atoms with Gasteiger partial charge in [-0.2, -0.15) is 0 Å². The topological polar surface area (TPSA) is 86.8 Å². The van der Waals surface area contributed by atoms with Crippen LogP contribution < -0.4 is 9.62 Å². The van der Waals surface area contributed by atoms with Gasteiger partial charge >= 0.3 is 0 Å². The lowest BCUT2D eigenvalue weighted by Gasteiger charge is -2.35. The first-order valence-corrected chi connectivity index (χ1v) is 15.3. The quantitative estimate of drug-likeness (QED) is 0.352. The minimum Gasteiger partial charge on any atom is -0.350 e. The van der Waals surface area contributed by atoms with Crippen molar-refractivity contribution in [2.45, 2.75) is 59.2 Å². The second-order valence-corrected chi connectivity index (χ2v) is 13.5. The lowest BCUT2D eigenvalue weighted by Crippen LogP contribution is -2.56. The number of amides is 2. The lowest BCUT2D eigenvalue weighted by molar-refractivity contribution is -0.140. The molecule has 1 N–H and O–H groups in total. The zero-order valence-electron chi connectivity index (χ0n) is 23.9. The summed E-state index contributed by atoms with van der Waals surface area (Å²) in [4.78, 5) is 29.4. The molecule has 0 aliphatic heterocycles. The smallest absolute Gasteiger partial charge is 0.244 e. The number of nitrogens with one attached hydrogen (secondary N) is 1. The van der Waals surface area contributed by atoms with E-state index in [-0.39, 0.29) is 18.9 Å². The number of sulfonamides is 1. The van der Waals surface area contributed by atoms with Crippen LogP contribution in [0.25, 0.3) is 0 Å². The molecule has 0 bridgehead atoms. The van der Waals surface area contributed by atoms with Crippen molar-refractivity contribution < 1.29 is 18.0 Å². The molecule has 0 radical (unpaired) electrons. The second-order valence-electron chi connectivity index (χ2n) is 11.2. The van der Waals surface area contributed by atoms with Crippen molar-refractivity contribution in [2.24, 2.45) is 0 Å². The highest BCUT2D eigenvalue weighted by molar-refractivity contribution is 7.92. The van der Waals surface area contributed by atoms with Crippen LogP contribution >= 0.6 is 11.6 Å². The van der Waals surface area contributed by atoms with E-state index in [0.29, 0.717) is 10.7 Å². The first kappa shape index (κ1) is 31.2. The van der Waals surface area contributed by atoms with Gasteiger partial charge in [0.05, 0.1) is 11.9 Å². The Hall–Kier alpha value is -3.36. The molecular formula is C31H38ClN3O4S. The molecule has 3 aromatic carbocycles. The summed E-state index contributed by atoms with van der Waals surface area (Å²) >= 11 is 6.25. The minimum absolute atomic E-state index is 0.0683. The molecule has 0 aliphatic rings. The maximum absolute atomic E-state index is 14.2. The Morgan fingerprint density at radius 2 is 1.57 bits per heavy atom. The third-order valence-electron chi connectivity index (χ3n) is 6.32. The van der Waals surface area contributed by atoms with E-state index in [1.807, 2.05) is 76.2 Å². The number of rotatable bonds is 10. The van der Waals surface area contributed by atoms with Gasteiger partial charge < -0.3 is 10.2 Å². The van der Waals surface area contributed by atoms with E-state index >= 15 is 0 Å². The Kier molecular flexibility index (Phi) is 10.0. The molecule has 0 fully saturated rings. The molecule has 0 spiro atoms. The third kappa shape index (κ3) is 8.83. The molecule has 3 rings (SSSR count). The van der Waals surface area contributed by atoms with Crippen LogP contribution in [0, 0.1) is 13.8 Å². The molecule has 40 heavy (non-hydrogen) atoms. The molecular weight excluding hydrogens is 546 g/mol. The molecule has 0 saturated carbocycles. The van der Waals surface area contributed by atoms with Gasteiger partial charge in [0.25, 0.3) is 0 Å². The minimum atomic E-state index is -3.83. The van der Waals surface area contributed by atoms with Crippen molar-refractivity contribution >= 4 is 39.1 Å². The van der Waals surface area contributed by atoms with Crippen LogP contribution in [0.2, 0.25) is 5.02 Å². The number of carbonyl (C=O) groups excluding carboxylic acids is 2. The Balaban J connectivity index is 2.10. The van der Waals surface area contributed by atoms with E-state index in [9.17, 15) is 18.0 Å². The standard InChI is InChI=1S/C31H38ClN3O4S/c1-22-15-16-23(2)27(17-22)35(40(6,38)39)21-29(36)34(20-25-13-10-14-26(32)18-25)28(30(37)33-31(3,4)5)19-24-11-8-7-9-12-24/h7-18,28H,19-21H2,1-6H3,(H,33,37)/t28-/m1/s1. The molecule has 0 heterocycles. The fraction of sp³-hybridized carbons (Fsp3) is 0.355. The summed E-state index contributed by atoms with van der Waals surface area (Å²) in [5.74, 6) is -0.833. The third-order valence-corrected chi connectivity index (χ3v) is 7.69. The van der Waals surface area contributed by atoms with Gasteiger partial charge in [-0.05, 0) is 75.1 Å². The Morgan fingerprint density at radius 1 is 0.925 bits per heavy atom. The van der Waals surface area contributed by atoms with Gasteiger partial charge in [-0.1, -0.05) is 66.2 Å². The maximum atomic E-state index is 14.2. The van der Waals surface area contributed by atoms with Crippen LogP contribution in [0.3, 0.4) is 0 Å². The van der Waals surface area contributed by atoms with E-state index in [1.54, 1.807) is 31.2 Å². The first-order valence-electron chi connectivity index (χ1n) is 13.1. The number of hydrogen-bond donors (Lipinski definition) is 1. The van der Waals surface area contributed by atoms with E-state index in [2.05, 4.69) is 5.32 Å².